The van der Waals surface area contributed by atoms with Gasteiger partial charge in [0.2, 0.25) is 0 Å². The van der Waals surface area contributed by atoms with Crippen molar-refractivity contribution in [3.05, 3.63) is 58.2 Å². The van der Waals surface area contributed by atoms with Gasteiger partial charge in [0.25, 0.3) is 0 Å². The second-order valence-corrected chi connectivity index (χ2v) is 6.48. The Labute approximate surface area is 144 Å². The first-order chi connectivity index (χ1) is 11.1. The molecule has 1 aromatic carbocycles. The molecule has 5 heteroatoms. The number of aryl methyl sites for hydroxylation is 2. The van der Waals surface area contributed by atoms with Gasteiger partial charge in [0.1, 0.15) is 11.6 Å². The lowest BCUT2D eigenvalue weighted by Gasteiger charge is -2.11. The summed E-state index contributed by atoms with van der Waals surface area (Å²) in [4.78, 5) is 9.03. The summed E-state index contributed by atoms with van der Waals surface area (Å²) in [6.07, 6.45) is 1.86. The molecule has 0 aliphatic heterocycles. The Morgan fingerprint density at radius 3 is 2.61 bits per heavy atom. The molecule has 0 fully saturated rings. The zero-order valence-electron chi connectivity index (χ0n) is 13.2. The minimum absolute atomic E-state index is 0.783. The molecule has 0 radical (unpaired) electrons. The van der Waals surface area contributed by atoms with Gasteiger partial charge in [0.05, 0.1) is 5.52 Å². The molecule has 0 amide bonds. The predicted octanol–water partition coefficient (Wildman–Crippen LogP) is 4.53. The summed E-state index contributed by atoms with van der Waals surface area (Å²) in [5, 5.41) is 7.83. The maximum atomic E-state index is 4.70. The van der Waals surface area contributed by atoms with Crippen LogP contribution in [0.15, 0.2) is 47.1 Å². The number of nitrogens with zero attached hydrogens (tertiary/aromatic N) is 2. The molecule has 0 bridgehead atoms. The predicted molar refractivity (Wildman–Crippen MR) is 100 cm³/mol. The minimum atomic E-state index is 0.783. The molecule has 0 unspecified atom stereocenters. The van der Waals surface area contributed by atoms with E-state index in [1.165, 1.54) is 0 Å². The summed E-state index contributed by atoms with van der Waals surface area (Å²) < 4.78 is 1.07. The number of hydrogen-bond acceptors (Lipinski definition) is 4. The summed E-state index contributed by atoms with van der Waals surface area (Å²) in [7, 11) is 0. The molecule has 2 N–H and O–H groups in total. The molecule has 0 aliphatic rings. The third-order valence-corrected chi connectivity index (χ3v) is 4.10. The summed E-state index contributed by atoms with van der Waals surface area (Å²) in [6, 6.07) is 12.3. The van der Waals surface area contributed by atoms with E-state index in [4.69, 9.17) is 4.98 Å². The second-order valence-electron chi connectivity index (χ2n) is 5.57. The third kappa shape index (κ3) is 3.99. The van der Waals surface area contributed by atoms with Gasteiger partial charge in [-0.25, -0.2) is 9.97 Å². The molecule has 0 aliphatic carbocycles. The molecule has 2 heterocycles. The van der Waals surface area contributed by atoms with Crippen molar-refractivity contribution in [1.29, 1.82) is 0 Å². The molecule has 0 saturated carbocycles. The molecule has 118 valence electrons. The summed E-state index contributed by atoms with van der Waals surface area (Å²) in [5.41, 5.74) is 3.30. The van der Waals surface area contributed by atoms with Crippen LogP contribution in [0.3, 0.4) is 0 Å². The highest BCUT2D eigenvalue weighted by Gasteiger charge is 2.03. The Hall–Kier alpha value is -2.14. The standard InChI is InChI=1S/C18H19BrN4/c1-12-3-6-17(22-11-12)20-7-8-21-18-13(2)9-14-10-15(19)4-5-16(14)23-18/h3-6,9-11H,7-8H2,1-2H3,(H,20,22)(H,21,23). The van der Waals surface area contributed by atoms with Crippen molar-refractivity contribution in [2.24, 2.45) is 0 Å². The van der Waals surface area contributed by atoms with E-state index >= 15 is 0 Å². The highest BCUT2D eigenvalue weighted by atomic mass is 79.9. The number of anilines is 2. The fraction of sp³-hybridized carbons (Fsp3) is 0.222. The van der Waals surface area contributed by atoms with E-state index in [0.29, 0.717) is 0 Å². The lowest BCUT2D eigenvalue weighted by atomic mass is 10.1. The lowest BCUT2D eigenvalue weighted by Crippen LogP contribution is -2.15. The number of rotatable bonds is 5. The van der Waals surface area contributed by atoms with Gasteiger partial charge in [-0.2, -0.15) is 0 Å². The molecular formula is C18H19BrN4. The van der Waals surface area contributed by atoms with E-state index in [9.17, 15) is 0 Å². The number of halogens is 1. The topological polar surface area (TPSA) is 49.8 Å². The number of fused-ring (bicyclic) bond motifs is 1. The van der Waals surface area contributed by atoms with E-state index < -0.39 is 0 Å². The number of aromatic nitrogens is 2. The van der Waals surface area contributed by atoms with E-state index in [0.717, 1.165) is 51.2 Å². The van der Waals surface area contributed by atoms with Crippen LogP contribution < -0.4 is 10.6 Å². The van der Waals surface area contributed by atoms with Gasteiger partial charge in [-0.1, -0.05) is 22.0 Å². The van der Waals surface area contributed by atoms with Gasteiger partial charge in [0.15, 0.2) is 0 Å². The van der Waals surface area contributed by atoms with Crippen LogP contribution in [0.2, 0.25) is 0 Å². The SMILES string of the molecule is Cc1ccc(NCCNc2nc3ccc(Br)cc3cc2C)nc1. The van der Waals surface area contributed by atoms with Crippen LogP contribution in [0.5, 0.6) is 0 Å². The Bertz CT molecular complexity index is 815. The fourth-order valence-corrected chi connectivity index (χ4v) is 2.75. The van der Waals surface area contributed by atoms with Gasteiger partial charge in [-0.15, -0.1) is 0 Å². The monoisotopic (exact) mass is 370 g/mol. The van der Waals surface area contributed by atoms with E-state index in [2.05, 4.69) is 56.7 Å². The van der Waals surface area contributed by atoms with Crippen molar-refractivity contribution >= 4 is 38.5 Å². The number of pyridine rings is 2. The maximum Gasteiger partial charge on any atom is 0.129 e. The van der Waals surface area contributed by atoms with Crippen molar-refractivity contribution in [3.8, 4) is 0 Å². The van der Waals surface area contributed by atoms with Gasteiger partial charge >= 0.3 is 0 Å². The van der Waals surface area contributed by atoms with Crippen molar-refractivity contribution in [1.82, 2.24) is 9.97 Å². The first-order valence-corrected chi connectivity index (χ1v) is 8.38. The van der Waals surface area contributed by atoms with Gasteiger partial charge in [0, 0.05) is 29.1 Å². The van der Waals surface area contributed by atoms with Crippen LogP contribution in [0.4, 0.5) is 11.6 Å². The normalized spacial score (nSPS) is 10.7. The van der Waals surface area contributed by atoms with Gasteiger partial charge < -0.3 is 10.6 Å². The molecule has 0 saturated heterocycles. The average molecular weight is 371 g/mol. The fourth-order valence-electron chi connectivity index (χ4n) is 2.38. The number of nitrogens with one attached hydrogen (secondary N) is 2. The van der Waals surface area contributed by atoms with Gasteiger partial charge in [-0.05, 0) is 55.3 Å². The average Bonchev–Trinajstić information content (AvgIpc) is 2.53. The molecule has 23 heavy (non-hydrogen) atoms. The zero-order chi connectivity index (χ0) is 16.2. The quantitative estimate of drug-likeness (QED) is 0.647. The first-order valence-electron chi connectivity index (χ1n) is 7.59. The van der Waals surface area contributed by atoms with E-state index in [1.807, 2.05) is 31.3 Å². The maximum absolute atomic E-state index is 4.70. The van der Waals surface area contributed by atoms with E-state index in [1.54, 1.807) is 0 Å². The third-order valence-electron chi connectivity index (χ3n) is 3.60. The first kappa shape index (κ1) is 15.7. The number of hydrogen-bond donors (Lipinski definition) is 2. The van der Waals surface area contributed by atoms with Gasteiger partial charge in [-0.3, -0.25) is 0 Å². The molecule has 0 atom stereocenters. The van der Waals surface area contributed by atoms with Crippen molar-refractivity contribution in [3.63, 3.8) is 0 Å². The van der Waals surface area contributed by atoms with Crippen LogP contribution in [0.25, 0.3) is 10.9 Å². The smallest absolute Gasteiger partial charge is 0.129 e. The summed E-state index contributed by atoms with van der Waals surface area (Å²) >= 11 is 3.50. The van der Waals surface area contributed by atoms with Crippen molar-refractivity contribution in [2.75, 3.05) is 23.7 Å². The Morgan fingerprint density at radius 2 is 1.83 bits per heavy atom. The summed E-state index contributed by atoms with van der Waals surface area (Å²) in [5.74, 6) is 1.82. The Morgan fingerprint density at radius 1 is 1.00 bits per heavy atom. The minimum Gasteiger partial charge on any atom is -0.368 e. The number of benzene rings is 1. The molecule has 2 aromatic heterocycles. The Balaban J connectivity index is 1.61. The van der Waals surface area contributed by atoms with Crippen LogP contribution in [-0.4, -0.2) is 23.1 Å². The zero-order valence-corrected chi connectivity index (χ0v) is 14.8. The van der Waals surface area contributed by atoms with Crippen LogP contribution in [-0.2, 0) is 0 Å². The van der Waals surface area contributed by atoms with Crippen LogP contribution in [0, 0.1) is 13.8 Å². The molecule has 0 spiro atoms. The largest absolute Gasteiger partial charge is 0.368 e. The highest BCUT2D eigenvalue weighted by molar-refractivity contribution is 9.10. The lowest BCUT2D eigenvalue weighted by molar-refractivity contribution is 1.04. The van der Waals surface area contributed by atoms with Crippen molar-refractivity contribution in [2.45, 2.75) is 13.8 Å². The van der Waals surface area contributed by atoms with Crippen molar-refractivity contribution < 1.29 is 0 Å². The highest BCUT2D eigenvalue weighted by Crippen LogP contribution is 2.23. The van der Waals surface area contributed by atoms with E-state index in [-0.39, 0.29) is 0 Å². The molecule has 3 rings (SSSR count). The molecule has 3 aromatic rings. The molecule has 4 nitrogen and oxygen atoms in total. The van der Waals surface area contributed by atoms with Crippen LogP contribution >= 0.6 is 15.9 Å². The van der Waals surface area contributed by atoms with Crippen LogP contribution in [0.1, 0.15) is 11.1 Å². The molecular weight excluding hydrogens is 352 g/mol. The summed E-state index contributed by atoms with van der Waals surface area (Å²) in [6.45, 7) is 5.68. The second kappa shape index (κ2) is 6.96. The Kier molecular flexibility index (Phi) is 4.76.